The second-order valence-electron chi connectivity index (χ2n) is 3.92. The summed E-state index contributed by atoms with van der Waals surface area (Å²) in [7, 11) is 0. The van der Waals surface area contributed by atoms with E-state index in [0.717, 1.165) is 30.8 Å². The molecule has 2 heterocycles. The van der Waals surface area contributed by atoms with E-state index < -0.39 is 0 Å². The summed E-state index contributed by atoms with van der Waals surface area (Å²) in [4.78, 5) is 0. The van der Waals surface area contributed by atoms with Gasteiger partial charge in [-0.15, -0.1) is 5.10 Å². The molecule has 1 aromatic heterocycles. The maximum atomic E-state index is 5.71. The van der Waals surface area contributed by atoms with Crippen LogP contribution in [0, 0.1) is 5.92 Å². The Kier molecular flexibility index (Phi) is 3.03. The highest BCUT2D eigenvalue weighted by molar-refractivity contribution is 6.04. The molecule has 2 rings (SSSR count). The lowest BCUT2D eigenvalue weighted by atomic mass is 9.93. The second kappa shape index (κ2) is 4.47. The highest BCUT2D eigenvalue weighted by Crippen LogP contribution is 2.20. The molecule has 0 fully saturated rings. The van der Waals surface area contributed by atoms with Crippen molar-refractivity contribution in [2.24, 2.45) is 21.9 Å². The largest absolute Gasteiger partial charge is 0.386 e. The molecule has 0 bridgehead atoms. The van der Waals surface area contributed by atoms with Crippen molar-refractivity contribution in [3.63, 3.8) is 0 Å². The van der Waals surface area contributed by atoms with Crippen LogP contribution in [0.3, 0.4) is 0 Å². The molecule has 5 heteroatoms. The number of rotatable bonds is 3. The third-order valence-corrected chi connectivity index (χ3v) is 2.90. The Labute approximate surface area is 95.1 Å². The van der Waals surface area contributed by atoms with Crippen molar-refractivity contribution in [3.05, 3.63) is 18.0 Å². The summed E-state index contributed by atoms with van der Waals surface area (Å²) >= 11 is 0. The first-order valence-electron chi connectivity index (χ1n) is 5.68. The van der Waals surface area contributed by atoms with Crippen molar-refractivity contribution in [1.82, 2.24) is 9.78 Å². The van der Waals surface area contributed by atoms with Gasteiger partial charge in [0.1, 0.15) is 5.84 Å². The summed E-state index contributed by atoms with van der Waals surface area (Å²) in [5.41, 5.74) is 7.78. The normalized spacial score (nSPS) is 20.5. The fourth-order valence-electron chi connectivity index (χ4n) is 1.99. The molecule has 0 aliphatic carbocycles. The molecule has 1 aliphatic heterocycles. The van der Waals surface area contributed by atoms with Crippen molar-refractivity contribution in [2.45, 2.75) is 33.2 Å². The molecule has 1 aromatic rings. The minimum absolute atomic E-state index is 0.361. The van der Waals surface area contributed by atoms with E-state index in [1.54, 1.807) is 6.20 Å². The number of hydrogen-bond acceptors (Lipinski definition) is 4. The molecular formula is C11H17N5. The first kappa shape index (κ1) is 10.9. The van der Waals surface area contributed by atoms with Gasteiger partial charge < -0.3 is 5.73 Å². The quantitative estimate of drug-likeness (QED) is 0.834. The van der Waals surface area contributed by atoms with Gasteiger partial charge in [-0.1, -0.05) is 6.92 Å². The van der Waals surface area contributed by atoms with Gasteiger partial charge in [-0.3, -0.25) is 4.68 Å². The van der Waals surface area contributed by atoms with Crippen LogP contribution in [-0.2, 0) is 6.54 Å². The van der Waals surface area contributed by atoms with Crippen LogP contribution in [0.25, 0.3) is 0 Å². The molecule has 86 valence electrons. The zero-order valence-corrected chi connectivity index (χ0v) is 9.72. The van der Waals surface area contributed by atoms with Crippen molar-refractivity contribution >= 4 is 11.5 Å². The summed E-state index contributed by atoms with van der Waals surface area (Å²) in [5, 5.41) is 12.5. The summed E-state index contributed by atoms with van der Waals surface area (Å²) in [6.07, 6.45) is 3.62. The Morgan fingerprint density at radius 2 is 2.25 bits per heavy atom. The van der Waals surface area contributed by atoms with E-state index in [2.05, 4.69) is 29.1 Å². The fourth-order valence-corrected chi connectivity index (χ4v) is 1.99. The average Bonchev–Trinajstić information content (AvgIpc) is 2.76. The highest BCUT2D eigenvalue weighted by atomic mass is 15.3. The lowest BCUT2D eigenvalue weighted by Gasteiger charge is -2.20. The molecule has 0 spiro atoms. The highest BCUT2D eigenvalue weighted by Gasteiger charge is 2.23. The maximum Gasteiger partial charge on any atom is 0.123 e. The van der Waals surface area contributed by atoms with Gasteiger partial charge in [-0.05, 0) is 19.4 Å². The van der Waals surface area contributed by atoms with Gasteiger partial charge in [-0.2, -0.15) is 10.2 Å². The van der Waals surface area contributed by atoms with Crippen molar-refractivity contribution < 1.29 is 0 Å². The van der Waals surface area contributed by atoms with Crippen molar-refractivity contribution in [2.75, 3.05) is 0 Å². The number of aromatic nitrogens is 2. The Morgan fingerprint density at radius 3 is 2.94 bits per heavy atom. The van der Waals surface area contributed by atoms with E-state index in [-0.39, 0.29) is 0 Å². The number of nitrogens with two attached hydrogens (primary N) is 1. The molecule has 1 unspecified atom stereocenters. The molecule has 0 saturated carbocycles. The third kappa shape index (κ3) is 1.85. The number of amidine groups is 1. The second-order valence-corrected chi connectivity index (χ2v) is 3.92. The van der Waals surface area contributed by atoms with Gasteiger partial charge in [0.25, 0.3) is 0 Å². The third-order valence-electron chi connectivity index (χ3n) is 2.90. The predicted molar refractivity (Wildman–Crippen MR) is 64.5 cm³/mol. The van der Waals surface area contributed by atoms with Crippen molar-refractivity contribution in [3.8, 4) is 0 Å². The lowest BCUT2D eigenvalue weighted by molar-refractivity contribution is 0.629. The van der Waals surface area contributed by atoms with Gasteiger partial charge in [0.05, 0.1) is 11.4 Å². The van der Waals surface area contributed by atoms with E-state index >= 15 is 0 Å². The van der Waals surface area contributed by atoms with Gasteiger partial charge in [0.15, 0.2) is 0 Å². The molecule has 1 aliphatic rings. The zero-order valence-electron chi connectivity index (χ0n) is 9.72. The minimum atomic E-state index is 0.361. The molecule has 0 radical (unpaired) electrons. The van der Waals surface area contributed by atoms with E-state index in [4.69, 9.17) is 5.73 Å². The minimum Gasteiger partial charge on any atom is -0.386 e. The van der Waals surface area contributed by atoms with Crippen LogP contribution < -0.4 is 5.73 Å². The zero-order chi connectivity index (χ0) is 11.5. The molecule has 0 saturated heterocycles. The van der Waals surface area contributed by atoms with Crippen LogP contribution in [0.5, 0.6) is 0 Å². The van der Waals surface area contributed by atoms with Crippen LogP contribution in [0.1, 0.15) is 32.4 Å². The number of nitrogens with zero attached hydrogens (tertiary/aromatic N) is 4. The smallest absolute Gasteiger partial charge is 0.123 e. The number of hydrogen-bond donors (Lipinski definition) is 1. The maximum absolute atomic E-state index is 5.71. The lowest BCUT2D eigenvalue weighted by Crippen LogP contribution is -2.28. The van der Waals surface area contributed by atoms with E-state index in [1.165, 1.54) is 0 Å². The van der Waals surface area contributed by atoms with Crippen LogP contribution in [0.4, 0.5) is 0 Å². The van der Waals surface area contributed by atoms with Crippen LogP contribution >= 0.6 is 0 Å². The Hall–Kier alpha value is -1.65. The van der Waals surface area contributed by atoms with Crippen LogP contribution in [0.2, 0.25) is 0 Å². The Bertz CT molecular complexity index is 429. The molecule has 16 heavy (non-hydrogen) atoms. The number of aryl methyl sites for hydroxylation is 1. The van der Waals surface area contributed by atoms with Gasteiger partial charge in [0.2, 0.25) is 0 Å². The molecule has 5 nitrogen and oxygen atoms in total. The predicted octanol–water partition coefficient (Wildman–Crippen LogP) is 1.39. The summed E-state index contributed by atoms with van der Waals surface area (Å²) in [6, 6.07) is 1.99. The standard InChI is InChI=1S/C11H17N5/c1-3-8-7-10(12)14-15-11(8)9-5-6-13-16(9)4-2/h5-6,8H,3-4,7H2,1-2H3,(H2,12,14). The van der Waals surface area contributed by atoms with Gasteiger partial charge in [-0.25, -0.2) is 0 Å². The fraction of sp³-hybridized carbons (Fsp3) is 0.545. The summed E-state index contributed by atoms with van der Waals surface area (Å²) < 4.78 is 1.94. The molecule has 0 amide bonds. The molecule has 0 aromatic carbocycles. The van der Waals surface area contributed by atoms with E-state index in [1.807, 2.05) is 10.7 Å². The first-order chi connectivity index (χ1) is 7.76. The Balaban J connectivity index is 2.38. The molecule has 2 N–H and O–H groups in total. The molecular weight excluding hydrogens is 202 g/mol. The molecule has 1 atom stereocenters. The first-order valence-corrected chi connectivity index (χ1v) is 5.68. The average molecular weight is 219 g/mol. The van der Waals surface area contributed by atoms with E-state index in [0.29, 0.717) is 11.8 Å². The van der Waals surface area contributed by atoms with Gasteiger partial charge in [0, 0.05) is 25.1 Å². The topological polar surface area (TPSA) is 68.6 Å². The van der Waals surface area contributed by atoms with Gasteiger partial charge >= 0.3 is 0 Å². The van der Waals surface area contributed by atoms with Crippen molar-refractivity contribution in [1.29, 1.82) is 0 Å². The Morgan fingerprint density at radius 1 is 1.44 bits per heavy atom. The van der Waals surface area contributed by atoms with Crippen LogP contribution in [-0.4, -0.2) is 21.3 Å². The SMILES string of the molecule is CCC1CC(N)=NN=C1c1ccnn1CC. The summed E-state index contributed by atoms with van der Waals surface area (Å²) in [6.45, 7) is 5.06. The van der Waals surface area contributed by atoms with Crippen LogP contribution in [0.15, 0.2) is 22.5 Å². The summed E-state index contributed by atoms with van der Waals surface area (Å²) in [5.74, 6) is 0.984. The monoisotopic (exact) mass is 219 g/mol. The van der Waals surface area contributed by atoms with E-state index in [9.17, 15) is 0 Å².